The molecule has 23 heavy (non-hydrogen) atoms. The Kier molecular flexibility index (Phi) is 6.39. The van der Waals surface area contributed by atoms with Crippen LogP contribution >= 0.6 is 0 Å². The van der Waals surface area contributed by atoms with Gasteiger partial charge in [-0.05, 0) is 38.1 Å². The number of halogens is 3. The standard InChI is InChI=1S/C13H17F3N2O4S/c1-9(2)18-12(19)7-8-17-23(20,21)11-5-3-10(4-6-11)22-13(14,15)16/h3-6,9,17H,7-8H2,1-2H3,(H,18,19). The van der Waals surface area contributed by atoms with Gasteiger partial charge in [0.2, 0.25) is 15.9 Å². The number of alkyl halides is 3. The molecule has 0 aliphatic carbocycles. The highest BCUT2D eigenvalue weighted by Gasteiger charge is 2.31. The number of rotatable bonds is 7. The number of hydrogen-bond donors (Lipinski definition) is 2. The number of carbonyl (C=O) groups excluding carboxylic acids is 1. The molecule has 1 rings (SSSR count). The SMILES string of the molecule is CC(C)NC(=O)CCNS(=O)(=O)c1ccc(OC(F)(F)F)cc1. The Labute approximate surface area is 132 Å². The number of benzene rings is 1. The normalized spacial score (nSPS) is 12.3. The van der Waals surface area contributed by atoms with Crippen molar-refractivity contribution < 1.29 is 31.1 Å². The van der Waals surface area contributed by atoms with Crippen LogP contribution in [0.25, 0.3) is 0 Å². The first-order chi connectivity index (χ1) is 10.5. The molecule has 0 fully saturated rings. The molecule has 0 saturated heterocycles. The third-order valence-electron chi connectivity index (χ3n) is 2.46. The fraction of sp³-hybridized carbons (Fsp3) is 0.462. The van der Waals surface area contributed by atoms with E-state index < -0.39 is 22.1 Å². The van der Waals surface area contributed by atoms with E-state index in [-0.39, 0.29) is 29.8 Å². The van der Waals surface area contributed by atoms with Gasteiger partial charge in [0, 0.05) is 19.0 Å². The predicted molar refractivity (Wildman–Crippen MR) is 76.2 cm³/mol. The minimum absolute atomic E-state index is 0.0489. The van der Waals surface area contributed by atoms with E-state index in [0.717, 1.165) is 24.3 Å². The highest BCUT2D eigenvalue weighted by molar-refractivity contribution is 7.89. The van der Waals surface area contributed by atoms with Gasteiger partial charge in [-0.25, -0.2) is 13.1 Å². The third kappa shape index (κ3) is 7.33. The Bertz CT molecular complexity index is 628. The molecule has 0 unspecified atom stereocenters. The molecule has 130 valence electrons. The van der Waals surface area contributed by atoms with Crippen molar-refractivity contribution in [2.45, 2.75) is 37.6 Å². The lowest BCUT2D eigenvalue weighted by Gasteiger charge is -2.11. The van der Waals surface area contributed by atoms with E-state index in [1.165, 1.54) is 0 Å². The lowest BCUT2D eigenvalue weighted by Crippen LogP contribution is -2.34. The van der Waals surface area contributed by atoms with Gasteiger partial charge in [0.1, 0.15) is 5.75 Å². The van der Waals surface area contributed by atoms with Gasteiger partial charge in [-0.3, -0.25) is 4.79 Å². The van der Waals surface area contributed by atoms with Crippen LogP contribution in [0.3, 0.4) is 0 Å². The van der Waals surface area contributed by atoms with Crippen LogP contribution in [0, 0.1) is 0 Å². The average molecular weight is 354 g/mol. The largest absolute Gasteiger partial charge is 0.573 e. The van der Waals surface area contributed by atoms with E-state index in [1.807, 2.05) is 0 Å². The van der Waals surface area contributed by atoms with Crippen LogP contribution in [-0.2, 0) is 14.8 Å². The van der Waals surface area contributed by atoms with E-state index >= 15 is 0 Å². The summed E-state index contributed by atoms with van der Waals surface area (Å²) in [5, 5.41) is 2.60. The molecule has 0 aliphatic heterocycles. The summed E-state index contributed by atoms with van der Waals surface area (Å²) in [5.74, 6) is -0.829. The van der Waals surface area contributed by atoms with Crippen LogP contribution in [0.4, 0.5) is 13.2 Å². The second kappa shape index (κ2) is 7.64. The Morgan fingerprint density at radius 1 is 1.22 bits per heavy atom. The zero-order valence-electron chi connectivity index (χ0n) is 12.5. The maximum Gasteiger partial charge on any atom is 0.573 e. The van der Waals surface area contributed by atoms with Crippen molar-refractivity contribution in [3.8, 4) is 5.75 Å². The van der Waals surface area contributed by atoms with Gasteiger partial charge in [-0.1, -0.05) is 0 Å². The fourth-order valence-electron chi connectivity index (χ4n) is 1.60. The molecule has 0 saturated carbocycles. The lowest BCUT2D eigenvalue weighted by molar-refractivity contribution is -0.274. The van der Waals surface area contributed by atoms with E-state index in [4.69, 9.17) is 0 Å². The van der Waals surface area contributed by atoms with E-state index in [0.29, 0.717) is 0 Å². The molecule has 1 aromatic rings. The van der Waals surface area contributed by atoms with Crippen LogP contribution in [-0.4, -0.2) is 33.3 Å². The van der Waals surface area contributed by atoms with Crippen molar-refractivity contribution in [1.82, 2.24) is 10.0 Å². The summed E-state index contributed by atoms with van der Waals surface area (Å²) in [4.78, 5) is 11.2. The Hall–Kier alpha value is -1.81. The van der Waals surface area contributed by atoms with Gasteiger partial charge in [0.15, 0.2) is 0 Å². The third-order valence-corrected chi connectivity index (χ3v) is 3.94. The van der Waals surface area contributed by atoms with Crippen LogP contribution in [0.5, 0.6) is 5.75 Å². The van der Waals surface area contributed by atoms with Crippen molar-refractivity contribution in [2.24, 2.45) is 0 Å². The number of carbonyl (C=O) groups is 1. The van der Waals surface area contributed by atoms with Gasteiger partial charge in [0.05, 0.1) is 4.90 Å². The summed E-state index contributed by atoms with van der Waals surface area (Å²) < 4.78 is 65.8. The van der Waals surface area contributed by atoms with Crippen molar-refractivity contribution >= 4 is 15.9 Å². The Morgan fingerprint density at radius 3 is 2.26 bits per heavy atom. The van der Waals surface area contributed by atoms with Gasteiger partial charge in [-0.2, -0.15) is 0 Å². The number of sulfonamides is 1. The van der Waals surface area contributed by atoms with Crippen LogP contribution in [0.2, 0.25) is 0 Å². The summed E-state index contributed by atoms with van der Waals surface area (Å²) in [6.45, 7) is 3.42. The predicted octanol–water partition coefficient (Wildman–Crippen LogP) is 1.78. The molecule has 0 aromatic heterocycles. The highest BCUT2D eigenvalue weighted by atomic mass is 32.2. The minimum Gasteiger partial charge on any atom is -0.406 e. The van der Waals surface area contributed by atoms with Crippen molar-refractivity contribution in [1.29, 1.82) is 0 Å². The first-order valence-electron chi connectivity index (χ1n) is 6.64. The van der Waals surface area contributed by atoms with Crippen LogP contribution in [0.1, 0.15) is 20.3 Å². The smallest absolute Gasteiger partial charge is 0.406 e. The van der Waals surface area contributed by atoms with Gasteiger partial charge in [-0.15, -0.1) is 13.2 Å². The zero-order chi connectivity index (χ0) is 17.7. The number of ether oxygens (including phenoxy) is 1. The maximum atomic E-state index is 12.0. The van der Waals surface area contributed by atoms with Crippen molar-refractivity contribution in [3.63, 3.8) is 0 Å². The summed E-state index contributed by atoms with van der Waals surface area (Å²) in [5.41, 5.74) is 0. The lowest BCUT2D eigenvalue weighted by atomic mass is 10.3. The number of nitrogens with one attached hydrogen (secondary N) is 2. The maximum absolute atomic E-state index is 12.0. The summed E-state index contributed by atoms with van der Waals surface area (Å²) in [7, 11) is -3.91. The van der Waals surface area contributed by atoms with E-state index in [2.05, 4.69) is 14.8 Å². The van der Waals surface area contributed by atoms with Crippen LogP contribution in [0.15, 0.2) is 29.2 Å². The fourth-order valence-corrected chi connectivity index (χ4v) is 2.63. The quantitative estimate of drug-likeness (QED) is 0.782. The Balaban J connectivity index is 2.61. The molecule has 0 spiro atoms. The Morgan fingerprint density at radius 2 is 1.78 bits per heavy atom. The van der Waals surface area contributed by atoms with Gasteiger partial charge < -0.3 is 10.1 Å². The molecule has 0 heterocycles. The van der Waals surface area contributed by atoms with Gasteiger partial charge in [0.25, 0.3) is 0 Å². The summed E-state index contributed by atoms with van der Waals surface area (Å²) >= 11 is 0. The average Bonchev–Trinajstić information content (AvgIpc) is 2.36. The molecular formula is C13H17F3N2O4S. The second-order valence-electron chi connectivity index (χ2n) is 4.89. The second-order valence-corrected chi connectivity index (χ2v) is 6.66. The molecule has 2 N–H and O–H groups in total. The van der Waals surface area contributed by atoms with E-state index in [9.17, 15) is 26.4 Å². The molecule has 0 aliphatic rings. The van der Waals surface area contributed by atoms with Crippen LogP contribution < -0.4 is 14.8 Å². The topological polar surface area (TPSA) is 84.5 Å². The highest BCUT2D eigenvalue weighted by Crippen LogP contribution is 2.23. The molecular weight excluding hydrogens is 337 g/mol. The first kappa shape index (κ1) is 19.2. The molecule has 0 atom stereocenters. The zero-order valence-corrected chi connectivity index (χ0v) is 13.3. The molecule has 0 bridgehead atoms. The molecule has 6 nitrogen and oxygen atoms in total. The molecule has 1 amide bonds. The summed E-state index contributed by atoms with van der Waals surface area (Å²) in [6, 6.07) is 3.70. The number of hydrogen-bond acceptors (Lipinski definition) is 4. The van der Waals surface area contributed by atoms with Gasteiger partial charge >= 0.3 is 6.36 Å². The molecule has 10 heteroatoms. The first-order valence-corrected chi connectivity index (χ1v) is 8.13. The molecule has 0 radical (unpaired) electrons. The van der Waals surface area contributed by atoms with Crippen molar-refractivity contribution in [2.75, 3.05) is 6.54 Å². The monoisotopic (exact) mass is 354 g/mol. The summed E-state index contributed by atoms with van der Waals surface area (Å²) in [6.07, 6.45) is -4.89. The molecule has 1 aromatic carbocycles. The minimum atomic E-state index is -4.84. The van der Waals surface area contributed by atoms with E-state index in [1.54, 1.807) is 13.8 Å². The number of amides is 1. The van der Waals surface area contributed by atoms with Crippen molar-refractivity contribution in [3.05, 3.63) is 24.3 Å².